The summed E-state index contributed by atoms with van der Waals surface area (Å²) in [6.07, 6.45) is -16.9. The van der Waals surface area contributed by atoms with Crippen molar-refractivity contribution in [2.45, 2.75) is 68.3 Å². The van der Waals surface area contributed by atoms with E-state index in [1.807, 2.05) is 0 Å². The Morgan fingerprint density at radius 2 is 1.51 bits per heavy atom. The SMILES string of the molecule is [2H]c1cc(-c2oc3c([2H])c(O)c([2H])c(O)c3c(=O)c2O[C@H]2OC(COC3O[C@H](C)[C@@H](O)[C@H](O)C3O)[C@H](O)[C@@H](O)[C@@H]2O)cc(O)c1O. The van der Waals surface area contributed by atoms with Crippen LogP contribution in [-0.2, 0) is 14.2 Å². The average Bonchev–Trinajstić information content (AvgIpc) is 3.02. The summed E-state index contributed by atoms with van der Waals surface area (Å²) in [5.41, 5.74) is -2.39. The number of hydrogen-bond donors (Lipinski definition) is 10. The van der Waals surface area contributed by atoms with E-state index < -0.39 is 137 Å². The Hall–Kier alpha value is -3.71. The minimum Gasteiger partial charge on any atom is -0.508 e. The number of rotatable bonds is 6. The Morgan fingerprint density at radius 3 is 2.21 bits per heavy atom. The summed E-state index contributed by atoms with van der Waals surface area (Å²) in [5, 5.41) is 102. The number of phenols is 4. The van der Waals surface area contributed by atoms with Crippen molar-refractivity contribution in [3.63, 3.8) is 0 Å². The number of benzene rings is 2. The van der Waals surface area contributed by atoms with Crippen molar-refractivity contribution in [2.24, 2.45) is 0 Å². The predicted octanol–water partition coefficient (Wildman–Crippen LogP) is -1.69. The second-order valence-corrected chi connectivity index (χ2v) is 10.0. The number of aliphatic hydroxyl groups excluding tert-OH is 6. The molecule has 0 spiro atoms. The third-order valence-electron chi connectivity index (χ3n) is 7.07. The van der Waals surface area contributed by atoms with Gasteiger partial charge in [-0.2, -0.15) is 0 Å². The van der Waals surface area contributed by atoms with Crippen LogP contribution in [-0.4, -0.2) is 119 Å². The Labute approximate surface area is 245 Å². The van der Waals surface area contributed by atoms with E-state index in [4.69, 9.17) is 27.5 Å². The standard InChI is InChI=1S/C27H30O16/c1-8-17(32)20(35)22(37)26(40-8)39-7-15-18(33)21(36)23(38)27(42-15)43-25-19(34)16-13(31)5-10(28)6-14(16)41-24(25)9-2-3-11(29)12(30)4-9/h2-6,8,15,17-18,20-23,26-33,35-38H,7H2,1H3/t8-,15?,17-,18+,20+,21-,22?,23+,26?,27-/m1/s1/i3D,5D,6D. The average molecular weight is 614 g/mol. The van der Waals surface area contributed by atoms with Crippen LogP contribution in [0.5, 0.6) is 28.7 Å². The first-order valence-electron chi connectivity index (χ1n) is 14.3. The summed E-state index contributed by atoms with van der Waals surface area (Å²) in [6, 6.07) is -0.833. The van der Waals surface area contributed by atoms with Gasteiger partial charge in [0, 0.05) is 17.6 Å². The lowest BCUT2D eigenvalue weighted by Crippen LogP contribution is -2.61. The highest BCUT2D eigenvalue weighted by molar-refractivity contribution is 5.88. The minimum atomic E-state index is -2.09. The molecule has 2 aliphatic rings. The predicted molar refractivity (Wildman–Crippen MR) is 140 cm³/mol. The molecule has 3 unspecified atom stereocenters. The molecule has 0 saturated carbocycles. The summed E-state index contributed by atoms with van der Waals surface area (Å²) in [4.78, 5) is 13.7. The molecule has 0 aliphatic carbocycles. The third kappa shape index (κ3) is 5.67. The van der Waals surface area contributed by atoms with Crippen molar-refractivity contribution in [1.29, 1.82) is 0 Å². The van der Waals surface area contributed by atoms with Crippen molar-refractivity contribution < 1.29 is 78.5 Å². The van der Waals surface area contributed by atoms with Crippen molar-refractivity contribution in [2.75, 3.05) is 6.61 Å². The zero-order valence-electron chi connectivity index (χ0n) is 25.1. The van der Waals surface area contributed by atoms with Crippen LogP contribution in [0.4, 0.5) is 0 Å². The van der Waals surface area contributed by atoms with Gasteiger partial charge in [0.2, 0.25) is 17.5 Å². The summed E-state index contributed by atoms with van der Waals surface area (Å²) in [5.74, 6) is -5.49. The van der Waals surface area contributed by atoms with E-state index in [-0.39, 0.29) is 5.56 Å². The fourth-order valence-corrected chi connectivity index (χ4v) is 4.65. The number of hydrogen-bond acceptors (Lipinski definition) is 16. The van der Waals surface area contributed by atoms with E-state index in [1.165, 1.54) is 6.92 Å². The Morgan fingerprint density at radius 1 is 0.837 bits per heavy atom. The Kier molecular flexibility index (Phi) is 7.35. The van der Waals surface area contributed by atoms with Gasteiger partial charge < -0.3 is 74.4 Å². The first kappa shape index (κ1) is 26.9. The van der Waals surface area contributed by atoms with Gasteiger partial charge in [-0.1, -0.05) is 0 Å². The van der Waals surface area contributed by atoms with Gasteiger partial charge in [0.05, 0.1) is 16.8 Å². The fraction of sp³-hybridized carbons (Fsp3) is 0.444. The van der Waals surface area contributed by atoms with E-state index in [0.717, 1.165) is 12.1 Å². The largest absolute Gasteiger partial charge is 0.508 e. The zero-order chi connectivity index (χ0) is 33.9. The molecule has 2 fully saturated rings. The second kappa shape index (κ2) is 11.8. The van der Waals surface area contributed by atoms with Crippen LogP contribution >= 0.6 is 0 Å². The fourth-order valence-electron chi connectivity index (χ4n) is 4.65. The molecule has 234 valence electrons. The Bertz CT molecular complexity index is 1680. The molecule has 16 nitrogen and oxygen atoms in total. The number of fused-ring (bicyclic) bond motifs is 1. The van der Waals surface area contributed by atoms with Crippen molar-refractivity contribution in [3.8, 4) is 40.1 Å². The minimum absolute atomic E-state index is 0.327. The molecule has 5 rings (SSSR count). The number of phenolic OH excluding ortho intramolecular Hbond substituents is 4. The van der Waals surface area contributed by atoms with Gasteiger partial charge in [0.1, 0.15) is 65.2 Å². The summed E-state index contributed by atoms with van der Waals surface area (Å²) in [6.45, 7) is 0.711. The highest BCUT2D eigenvalue weighted by Gasteiger charge is 2.47. The van der Waals surface area contributed by atoms with E-state index in [1.54, 1.807) is 0 Å². The van der Waals surface area contributed by atoms with Gasteiger partial charge >= 0.3 is 0 Å². The lowest BCUT2D eigenvalue weighted by atomic mass is 9.98. The second-order valence-electron chi connectivity index (χ2n) is 10.0. The quantitative estimate of drug-likeness (QED) is 0.139. The van der Waals surface area contributed by atoms with E-state index in [0.29, 0.717) is 0 Å². The van der Waals surface area contributed by atoms with Crippen LogP contribution in [0, 0.1) is 0 Å². The normalized spacial score (nSPS) is 34.0. The molecule has 2 saturated heterocycles. The van der Waals surface area contributed by atoms with Crippen molar-refractivity contribution in [1.82, 2.24) is 0 Å². The summed E-state index contributed by atoms with van der Waals surface area (Å²) >= 11 is 0. The molecule has 2 aromatic carbocycles. The first-order valence-corrected chi connectivity index (χ1v) is 12.8. The monoisotopic (exact) mass is 613 g/mol. The highest BCUT2D eigenvalue weighted by Crippen LogP contribution is 2.39. The molecular weight excluding hydrogens is 580 g/mol. The van der Waals surface area contributed by atoms with Crippen molar-refractivity contribution >= 4 is 11.0 Å². The van der Waals surface area contributed by atoms with Gasteiger partial charge in [0.25, 0.3) is 0 Å². The molecule has 1 aromatic heterocycles. The van der Waals surface area contributed by atoms with Gasteiger partial charge in [-0.3, -0.25) is 4.79 Å². The van der Waals surface area contributed by atoms with Gasteiger partial charge in [-0.05, 0) is 25.1 Å². The maximum absolute atomic E-state index is 13.7. The molecule has 0 amide bonds. The van der Waals surface area contributed by atoms with Crippen LogP contribution < -0.4 is 10.2 Å². The lowest BCUT2D eigenvalue weighted by Gasteiger charge is -2.42. The van der Waals surface area contributed by atoms with Crippen LogP contribution in [0.15, 0.2) is 39.5 Å². The molecule has 0 radical (unpaired) electrons. The molecule has 2 aliphatic heterocycles. The zero-order valence-corrected chi connectivity index (χ0v) is 22.1. The van der Waals surface area contributed by atoms with Crippen LogP contribution in [0.2, 0.25) is 0 Å². The lowest BCUT2D eigenvalue weighted by molar-refractivity contribution is -0.318. The molecule has 10 atom stereocenters. The van der Waals surface area contributed by atoms with Crippen LogP contribution in [0.3, 0.4) is 0 Å². The van der Waals surface area contributed by atoms with Gasteiger partial charge in [-0.15, -0.1) is 0 Å². The molecule has 10 N–H and O–H groups in total. The van der Waals surface area contributed by atoms with E-state index in [9.17, 15) is 55.9 Å². The number of aromatic hydroxyl groups is 4. The first-order chi connectivity index (χ1) is 21.5. The summed E-state index contributed by atoms with van der Waals surface area (Å²) < 4.78 is 51.4. The van der Waals surface area contributed by atoms with Crippen LogP contribution in [0.25, 0.3) is 22.3 Å². The molecule has 3 aromatic rings. The highest BCUT2D eigenvalue weighted by atomic mass is 16.7. The molecule has 0 bridgehead atoms. The molecule has 3 heterocycles. The molecule has 16 heteroatoms. The smallest absolute Gasteiger partial charge is 0.239 e. The maximum Gasteiger partial charge on any atom is 0.239 e. The topological polar surface area (TPSA) is 269 Å². The molecular formula is C27H30O16. The van der Waals surface area contributed by atoms with Gasteiger partial charge in [-0.25, -0.2) is 0 Å². The Balaban J connectivity index is 1.55. The van der Waals surface area contributed by atoms with E-state index >= 15 is 0 Å². The third-order valence-corrected chi connectivity index (χ3v) is 7.07. The van der Waals surface area contributed by atoms with E-state index in [2.05, 4.69) is 0 Å². The van der Waals surface area contributed by atoms with Gasteiger partial charge in [0.15, 0.2) is 23.5 Å². The van der Waals surface area contributed by atoms with Crippen molar-refractivity contribution in [3.05, 3.63) is 40.5 Å². The summed E-state index contributed by atoms with van der Waals surface area (Å²) in [7, 11) is 0. The maximum atomic E-state index is 13.7. The molecule has 43 heavy (non-hydrogen) atoms. The number of aliphatic hydroxyl groups is 6. The van der Waals surface area contributed by atoms with Crippen LogP contribution in [0.1, 0.15) is 11.0 Å². The number of ether oxygens (including phenoxy) is 4.